The van der Waals surface area contributed by atoms with Crippen molar-refractivity contribution in [3.8, 4) is 28.5 Å². The number of carbonyl (C=O) groups is 1. The predicted molar refractivity (Wildman–Crippen MR) is 146 cm³/mol. The highest BCUT2D eigenvalue weighted by Crippen LogP contribution is 2.38. The van der Waals surface area contributed by atoms with Crippen molar-refractivity contribution in [2.75, 3.05) is 24.5 Å². The number of nitrogens with one attached hydrogen (secondary N) is 3. The molecule has 2 aromatic heterocycles. The number of benzene rings is 3. The first-order chi connectivity index (χ1) is 19.7. The highest BCUT2D eigenvalue weighted by molar-refractivity contribution is 6.06. The lowest BCUT2D eigenvalue weighted by Gasteiger charge is -2.15. The summed E-state index contributed by atoms with van der Waals surface area (Å²) in [6, 6.07) is 15.1. The molecule has 3 heterocycles. The second-order valence-corrected chi connectivity index (χ2v) is 9.22. The summed E-state index contributed by atoms with van der Waals surface area (Å²) < 4.78 is 55.8. The molecule has 0 saturated carbocycles. The molecule has 1 amide bonds. The number of alkyl halides is 3. The molecular formula is C29H22F3N5O4. The van der Waals surface area contributed by atoms with Gasteiger partial charge in [-0.25, -0.2) is 9.97 Å². The third kappa shape index (κ3) is 5.07. The Bertz CT molecular complexity index is 1800. The van der Waals surface area contributed by atoms with Crippen molar-refractivity contribution < 1.29 is 32.2 Å². The van der Waals surface area contributed by atoms with Crippen molar-refractivity contribution in [1.82, 2.24) is 15.0 Å². The second-order valence-electron chi connectivity index (χ2n) is 9.22. The van der Waals surface area contributed by atoms with E-state index in [1.165, 1.54) is 7.11 Å². The molecule has 0 aliphatic carbocycles. The fourth-order valence-electron chi connectivity index (χ4n) is 4.45. The van der Waals surface area contributed by atoms with Gasteiger partial charge in [0.15, 0.2) is 11.5 Å². The highest BCUT2D eigenvalue weighted by atomic mass is 19.4. The quantitative estimate of drug-likeness (QED) is 0.212. The zero-order chi connectivity index (χ0) is 28.7. The largest absolute Gasteiger partial charge is 0.495 e. The summed E-state index contributed by atoms with van der Waals surface area (Å²) in [6.45, 7) is 1.99. The number of rotatable bonds is 6. The molecule has 1 aliphatic rings. The Morgan fingerprint density at radius 3 is 2.61 bits per heavy atom. The molecule has 41 heavy (non-hydrogen) atoms. The summed E-state index contributed by atoms with van der Waals surface area (Å²) >= 11 is 0. The van der Waals surface area contributed by atoms with E-state index in [-0.39, 0.29) is 29.7 Å². The van der Waals surface area contributed by atoms with Gasteiger partial charge in [-0.3, -0.25) is 4.79 Å². The van der Waals surface area contributed by atoms with E-state index in [0.717, 1.165) is 34.8 Å². The minimum Gasteiger partial charge on any atom is -0.495 e. The van der Waals surface area contributed by atoms with E-state index in [1.807, 2.05) is 31.2 Å². The second kappa shape index (κ2) is 10.0. The maximum Gasteiger partial charge on any atom is 0.416 e. The van der Waals surface area contributed by atoms with E-state index in [0.29, 0.717) is 28.4 Å². The summed E-state index contributed by atoms with van der Waals surface area (Å²) in [6.07, 6.45) is -2.81. The van der Waals surface area contributed by atoms with Crippen LogP contribution >= 0.6 is 0 Å². The van der Waals surface area contributed by atoms with Gasteiger partial charge >= 0.3 is 6.18 Å². The highest BCUT2D eigenvalue weighted by Gasteiger charge is 2.31. The number of aromatic amines is 1. The Morgan fingerprint density at radius 1 is 0.976 bits per heavy atom. The Kier molecular flexibility index (Phi) is 6.37. The summed E-state index contributed by atoms with van der Waals surface area (Å²) in [4.78, 5) is 25.6. The van der Waals surface area contributed by atoms with Crippen LogP contribution in [0, 0.1) is 6.92 Å². The first-order valence-corrected chi connectivity index (χ1v) is 12.4. The van der Waals surface area contributed by atoms with Crippen LogP contribution in [-0.4, -0.2) is 34.8 Å². The summed E-state index contributed by atoms with van der Waals surface area (Å²) in [5.41, 5.74) is 3.34. The van der Waals surface area contributed by atoms with Crippen LogP contribution in [0.1, 0.15) is 21.5 Å². The Morgan fingerprint density at radius 2 is 1.80 bits per heavy atom. The first kappa shape index (κ1) is 26.0. The van der Waals surface area contributed by atoms with E-state index in [4.69, 9.17) is 19.2 Å². The van der Waals surface area contributed by atoms with Gasteiger partial charge in [-0.2, -0.15) is 13.2 Å². The molecule has 0 unspecified atom stereocenters. The zero-order valence-electron chi connectivity index (χ0n) is 21.7. The van der Waals surface area contributed by atoms with E-state index in [1.54, 1.807) is 24.4 Å². The fourth-order valence-corrected chi connectivity index (χ4v) is 4.45. The van der Waals surface area contributed by atoms with Crippen LogP contribution < -0.4 is 24.8 Å². The number of ether oxygens (including phenoxy) is 3. The molecule has 0 saturated heterocycles. The third-order valence-electron chi connectivity index (χ3n) is 6.57. The Hall–Kier alpha value is -5.26. The number of anilines is 3. The predicted octanol–water partition coefficient (Wildman–Crippen LogP) is 6.69. The van der Waals surface area contributed by atoms with Crippen LogP contribution in [0.25, 0.3) is 22.3 Å². The summed E-state index contributed by atoms with van der Waals surface area (Å²) in [7, 11) is 1.31. The van der Waals surface area contributed by atoms with Gasteiger partial charge in [-0.05, 0) is 67.1 Å². The minimum absolute atomic E-state index is 0.0982. The van der Waals surface area contributed by atoms with Gasteiger partial charge in [0, 0.05) is 23.0 Å². The van der Waals surface area contributed by atoms with Crippen molar-refractivity contribution in [1.29, 1.82) is 0 Å². The molecule has 12 heteroatoms. The molecular weight excluding hydrogens is 539 g/mol. The lowest BCUT2D eigenvalue weighted by Crippen LogP contribution is -2.14. The van der Waals surface area contributed by atoms with Gasteiger partial charge in [0.1, 0.15) is 11.4 Å². The Labute approximate surface area is 231 Å². The maximum absolute atomic E-state index is 13.3. The van der Waals surface area contributed by atoms with Crippen molar-refractivity contribution in [2.45, 2.75) is 13.1 Å². The first-order valence-electron chi connectivity index (χ1n) is 12.4. The molecule has 6 rings (SSSR count). The molecule has 9 nitrogen and oxygen atoms in total. The van der Waals surface area contributed by atoms with Crippen molar-refractivity contribution >= 4 is 34.3 Å². The summed E-state index contributed by atoms with van der Waals surface area (Å²) in [5.74, 6) is 1.03. The molecule has 3 aromatic carbocycles. The monoisotopic (exact) mass is 561 g/mol. The van der Waals surface area contributed by atoms with E-state index < -0.39 is 17.6 Å². The maximum atomic E-state index is 13.3. The van der Waals surface area contributed by atoms with Gasteiger partial charge in [-0.1, -0.05) is 6.07 Å². The van der Waals surface area contributed by atoms with E-state index in [9.17, 15) is 18.0 Å². The molecule has 0 spiro atoms. The molecule has 0 fully saturated rings. The average Bonchev–Trinajstić information content (AvgIpc) is 3.62. The van der Waals surface area contributed by atoms with Crippen LogP contribution in [0.15, 0.2) is 66.9 Å². The average molecular weight is 562 g/mol. The topological polar surface area (TPSA) is 110 Å². The lowest BCUT2D eigenvalue weighted by molar-refractivity contribution is -0.137. The zero-order valence-corrected chi connectivity index (χ0v) is 21.7. The number of aryl methyl sites for hydroxylation is 1. The number of carbonyl (C=O) groups excluding carboxylic acids is 1. The number of hydrogen-bond donors (Lipinski definition) is 3. The van der Waals surface area contributed by atoms with Gasteiger partial charge < -0.3 is 29.8 Å². The van der Waals surface area contributed by atoms with Gasteiger partial charge in [-0.15, -0.1) is 0 Å². The molecule has 0 atom stereocenters. The van der Waals surface area contributed by atoms with E-state index >= 15 is 0 Å². The molecule has 1 aliphatic heterocycles. The molecule has 208 valence electrons. The van der Waals surface area contributed by atoms with E-state index in [2.05, 4.69) is 20.6 Å². The van der Waals surface area contributed by atoms with Crippen LogP contribution in [-0.2, 0) is 6.18 Å². The lowest BCUT2D eigenvalue weighted by atomic mass is 10.1. The van der Waals surface area contributed by atoms with Crippen LogP contribution in [0.3, 0.4) is 0 Å². The van der Waals surface area contributed by atoms with Crippen molar-refractivity contribution in [3.05, 3.63) is 83.6 Å². The number of nitrogens with zero attached hydrogens (tertiary/aromatic N) is 2. The summed E-state index contributed by atoms with van der Waals surface area (Å²) in [5, 5.41) is 5.71. The number of amides is 1. The van der Waals surface area contributed by atoms with Crippen molar-refractivity contribution in [3.63, 3.8) is 0 Å². The number of hydrogen-bond acceptors (Lipinski definition) is 7. The smallest absolute Gasteiger partial charge is 0.416 e. The molecule has 3 N–H and O–H groups in total. The minimum atomic E-state index is -4.58. The van der Waals surface area contributed by atoms with Crippen LogP contribution in [0.4, 0.5) is 30.5 Å². The number of fused-ring (bicyclic) bond motifs is 2. The van der Waals surface area contributed by atoms with Crippen LogP contribution in [0.2, 0.25) is 0 Å². The number of halogens is 3. The van der Waals surface area contributed by atoms with Gasteiger partial charge in [0.05, 0.1) is 29.4 Å². The van der Waals surface area contributed by atoms with Crippen LogP contribution in [0.5, 0.6) is 17.2 Å². The number of H-pyrrole nitrogens is 1. The fraction of sp³-hybridized carbons (Fsp3) is 0.138. The van der Waals surface area contributed by atoms with Gasteiger partial charge in [0.2, 0.25) is 12.7 Å². The molecule has 5 aromatic rings. The SMILES string of the molecule is COc1ccc(C(F)(F)F)cc1NC(=O)c1ccc(C)c(Nc2nc(-c3ccc4c(c3)OCO4)c3[nH]ccc3n2)c1. The molecule has 0 radical (unpaired) electrons. The van der Waals surface area contributed by atoms with Gasteiger partial charge in [0.25, 0.3) is 5.91 Å². The Balaban J connectivity index is 1.31. The van der Waals surface area contributed by atoms with Crippen molar-refractivity contribution in [2.24, 2.45) is 0 Å². The molecule has 0 bridgehead atoms. The normalized spacial score (nSPS) is 12.4. The number of methoxy groups -OCH3 is 1. The number of aromatic nitrogens is 3. The third-order valence-corrected chi connectivity index (χ3v) is 6.57. The standard InChI is InChI=1S/C29H22F3N5O4/c1-15-3-4-17(27(38)34-21-13-18(29(30,31)32)6-8-22(21)39-2)11-20(15)36-28-35-19-9-10-33-26(19)25(37-28)16-5-7-23-24(12-16)41-14-40-23/h3-13,33H,14H2,1-2H3,(H,34,38)(H,35,36,37).